The lowest BCUT2D eigenvalue weighted by atomic mass is 9.78. The van der Waals surface area contributed by atoms with E-state index in [1.165, 1.54) is 5.56 Å². The summed E-state index contributed by atoms with van der Waals surface area (Å²) in [6.45, 7) is 3.30. The molecule has 2 atom stereocenters. The molecule has 1 aliphatic rings. The van der Waals surface area contributed by atoms with Crippen molar-refractivity contribution in [1.29, 1.82) is 0 Å². The molecular formula is C13H19NO2. The SMILES string of the molecule is CC(C)(O)C(O)C1CCCc2cccnc21. The summed E-state index contributed by atoms with van der Waals surface area (Å²) in [5.74, 6) is -0.0371. The zero-order valence-corrected chi connectivity index (χ0v) is 9.85. The van der Waals surface area contributed by atoms with Gasteiger partial charge >= 0.3 is 0 Å². The summed E-state index contributed by atoms with van der Waals surface area (Å²) in [7, 11) is 0. The van der Waals surface area contributed by atoms with Gasteiger partial charge in [-0.05, 0) is 44.7 Å². The van der Waals surface area contributed by atoms with Gasteiger partial charge in [-0.15, -0.1) is 0 Å². The van der Waals surface area contributed by atoms with Crippen LogP contribution in [0.15, 0.2) is 18.3 Å². The van der Waals surface area contributed by atoms with Crippen molar-refractivity contribution in [2.24, 2.45) is 0 Å². The molecule has 0 saturated heterocycles. The summed E-state index contributed by atoms with van der Waals surface area (Å²) in [6, 6.07) is 3.99. The highest BCUT2D eigenvalue weighted by atomic mass is 16.3. The lowest BCUT2D eigenvalue weighted by molar-refractivity contribution is -0.0639. The lowest BCUT2D eigenvalue weighted by Gasteiger charge is -2.34. The number of hydrogen-bond acceptors (Lipinski definition) is 3. The van der Waals surface area contributed by atoms with Crippen molar-refractivity contribution in [2.45, 2.75) is 50.7 Å². The summed E-state index contributed by atoms with van der Waals surface area (Å²) in [4.78, 5) is 4.36. The Balaban J connectivity index is 2.32. The fraction of sp³-hybridized carbons (Fsp3) is 0.615. The first kappa shape index (κ1) is 11.6. The highest BCUT2D eigenvalue weighted by molar-refractivity contribution is 5.27. The molecule has 0 aromatic carbocycles. The topological polar surface area (TPSA) is 53.4 Å². The summed E-state index contributed by atoms with van der Waals surface area (Å²) >= 11 is 0. The van der Waals surface area contributed by atoms with Crippen molar-refractivity contribution < 1.29 is 10.2 Å². The zero-order chi connectivity index (χ0) is 11.8. The van der Waals surface area contributed by atoms with E-state index in [9.17, 15) is 10.2 Å². The zero-order valence-electron chi connectivity index (χ0n) is 9.85. The molecule has 2 rings (SSSR count). The maximum Gasteiger partial charge on any atom is 0.0905 e. The number of aliphatic hydroxyl groups is 2. The molecule has 1 aromatic rings. The Labute approximate surface area is 96.2 Å². The van der Waals surface area contributed by atoms with Crippen LogP contribution in [0.1, 0.15) is 43.9 Å². The molecule has 0 bridgehead atoms. The van der Waals surface area contributed by atoms with Crippen LogP contribution in [-0.2, 0) is 6.42 Å². The maximum absolute atomic E-state index is 10.2. The van der Waals surface area contributed by atoms with E-state index >= 15 is 0 Å². The van der Waals surface area contributed by atoms with Crippen LogP contribution >= 0.6 is 0 Å². The van der Waals surface area contributed by atoms with Gasteiger partial charge in [-0.2, -0.15) is 0 Å². The van der Waals surface area contributed by atoms with Crippen molar-refractivity contribution in [3.63, 3.8) is 0 Å². The third-order valence-electron chi connectivity index (χ3n) is 3.34. The third kappa shape index (κ3) is 2.11. The molecular weight excluding hydrogens is 202 g/mol. The highest BCUT2D eigenvalue weighted by Gasteiger charge is 2.36. The van der Waals surface area contributed by atoms with E-state index in [1.807, 2.05) is 6.07 Å². The van der Waals surface area contributed by atoms with Gasteiger partial charge in [0.1, 0.15) is 0 Å². The second-order valence-electron chi connectivity index (χ2n) is 5.14. The number of aromatic nitrogens is 1. The van der Waals surface area contributed by atoms with Crippen LogP contribution in [0.3, 0.4) is 0 Å². The fourth-order valence-corrected chi connectivity index (χ4v) is 2.44. The first-order valence-electron chi connectivity index (χ1n) is 5.84. The van der Waals surface area contributed by atoms with E-state index in [0.717, 1.165) is 25.0 Å². The van der Waals surface area contributed by atoms with Gasteiger partial charge in [0.05, 0.1) is 11.7 Å². The Kier molecular flexibility index (Phi) is 3.00. The van der Waals surface area contributed by atoms with Gasteiger partial charge < -0.3 is 10.2 Å². The Morgan fingerprint density at radius 3 is 2.94 bits per heavy atom. The molecule has 88 valence electrons. The molecule has 3 heteroatoms. The van der Waals surface area contributed by atoms with Crippen LogP contribution < -0.4 is 0 Å². The molecule has 0 aliphatic heterocycles. The molecule has 0 saturated carbocycles. The largest absolute Gasteiger partial charge is 0.389 e. The molecule has 0 fully saturated rings. The maximum atomic E-state index is 10.2. The van der Waals surface area contributed by atoms with Crippen molar-refractivity contribution in [1.82, 2.24) is 4.98 Å². The van der Waals surface area contributed by atoms with E-state index in [-0.39, 0.29) is 5.92 Å². The average Bonchev–Trinajstić information content (AvgIpc) is 2.26. The Bertz CT molecular complexity index is 370. The number of rotatable bonds is 2. The number of pyridine rings is 1. The normalized spacial score (nSPS) is 22.6. The van der Waals surface area contributed by atoms with Crippen LogP contribution in [0, 0.1) is 0 Å². The number of aryl methyl sites for hydroxylation is 1. The smallest absolute Gasteiger partial charge is 0.0905 e. The molecule has 1 heterocycles. The van der Waals surface area contributed by atoms with Crippen LogP contribution in [0.5, 0.6) is 0 Å². The predicted molar refractivity (Wildman–Crippen MR) is 62.2 cm³/mol. The first-order chi connectivity index (χ1) is 7.50. The van der Waals surface area contributed by atoms with E-state index < -0.39 is 11.7 Å². The minimum atomic E-state index is -1.07. The minimum Gasteiger partial charge on any atom is -0.389 e. The molecule has 0 radical (unpaired) electrons. The van der Waals surface area contributed by atoms with Crippen LogP contribution in [0.2, 0.25) is 0 Å². The van der Waals surface area contributed by atoms with Crippen molar-refractivity contribution in [3.8, 4) is 0 Å². The van der Waals surface area contributed by atoms with Gasteiger partial charge in [-0.1, -0.05) is 6.07 Å². The van der Waals surface area contributed by atoms with Gasteiger partial charge in [-0.25, -0.2) is 0 Å². The number of hydrogen-bond donors (Lipinski definition) is 2. The first-order valence-corrected chi connectivity index (χ1v) is 5.84. The quantitative estimate of drug-likeness (QED) is 0.798. The van der Waals surface area contributed by atoms with Crippen molar-refractivity contribution >= 4 is 0 Å². The highest BCUT2D eigenvalue weighted by Crippen LogP contribution is 2.35. The number of nitrogens with zero attached hydrogens (tertiary/aromatic N) is 1. The second-order valence-corrected chi connectivity index (χ2v) is 5.14. The molecule has 0 spiro atoms. The minimum absolute atomic E-state index is 0.0371. The summed E-state index contributed by atoms with van der Waals surface area (Å²) in [6.07, 6.45) is 3.99. The molecule has 2 N–H and O–H groups in total. The Morgan fingerprint density at radius 2 is 2.25 bits per heavy atom. The van der Waals surface area contributed by atoms with Gasteiger partial charge in [0.2, 0.25) is 0 Å². The standard InChI is InChI=1S/C13H19NO2/c1-13(2,16)12(15)10-7-3-5-9-6-4-8-14-11(9)10/h4,6,8,10,12,15-16H,3,5,7H2,1-2H3. The second kappa shape index (κ2) is 4.15. The average molecular weight is 221 g/mol. The molecule has 3 nitrogen and oxygen atoms in total. The van der Waals surface area contributed by atoms with E-state index in [4.69, 9.17) is 0 Å². The molecule has 1 aromatic heterocycles. The van der Waals surface area contributed by atoms with Crippen LogP contribution in [0.25, 0.3) is 0 Å². The fourth-order valence-electron chi connectivity index (χ4n) is 2.44. The van der Waals surface area contributed by atoms with Gasteiger partial charge in [0, 0.05) is 17.8 Å². The third-order valence-corrected chi connectivity index (χ3v) is 3.34. The predicted octanol–water partition coefficient (Wildman–Crippen LogP) is 1.63. The molecule has 2 unspecified atom stereocenters. The van der Waals surface area contributed by atoms with E-state index in [0.29, 0.717) is 0 Å². The number of aliphatic hydroxyl groups excluding tert-OH is 1. The van der Waals surface area contributed by atoms with Crippen molar-refractivity contribution in [2.75, 3.05) is 0 Å². The summed E-state index contributed by atoms with van der Waals surface area (Å²) < 4.78 is 0. The molecule has 0 amide bonds. The monoisotopic (exact) mass is 221 g/mol. The summed E-state index contributed by atoms with van der Waals surface area (Å²) in [5, 5.41) is 20.1. The van der Waals surface area contributed by atoms with E-state index in [2.05, 4.69) is 11.1 Å². The summed E-state index contributed by atoms with van der Waals surface area (Å²) in [5.41, 5.74) is 1.10. The van der Waals surface area contributed by atoms with E-state index in [1.54, 1.807) is 20.0 Å². The van der Waals surface area contributed by atoms with Gasteiger partial charge in [-0.3, -0.25) is 4.98 Å². The van der Waals surface area contributed by atoms with Crippen LogP contribution in [-0.4, -0.2) is 26.9 Å². The van der Waals surface area contributed by atoms with Crippen molar-refractivity contribution in [3.05, 3.63) is 29.6 Å². The molecule has 16 heavy (non-hydrogen) atoms. The van der Waals surface area contributed by atoms with Gasteiger partial charge in [0.15, 0.2) is 0 Å². The van der Waals surface area contributed by atoms with Crippen LogP contribution in [0.4, 0.5) is 0 Å². The molecule has 1 aliphatic carbocycles. The lowest BCUT2D eigenvalue weighted by Crippen LogP contribution is -2.41. The Morgan fingerprint density at radius 1 is 1.50 bits per heavy atom. The van der Waals surface area contributed by atoms with Gasteiger partial charge in [0.25, 0.3) is 0 Å². The Hall–Kier alpha value is -0.930. The number of fused-ring (bicyclic) bond motifs is 1.